The molecule has 6 rings (SSSR count). The van der Waals surface area contributed by atoms with Gasteiger partial charge in [-0.1, -0.05) is 17.7 Å². The molecular weight excluding hydrogens is 916 g/mol. The minimum absolute atomic E-state index is 0.228. The van der Waals surface area contributed by atoms with Crippen LogP contribution in [0.2, 0.25) is 5.02 Å². The van der Waals surface area contributed by atoms with Gasteiger partial charge in [-0.05, 0) is 74.6 Å². The fourth-order valence-corrected chi connectivity index (χ4v) is 8.23. The van der Waals surface area contributed by atoms with E-state index in [2.05, 4.69) is 49.6 Å². The minimum atomic E-state index is -0.228. The van der Waals surface area contributed by atoms with Crippen LogP contribution in [0, 0.1) is 0 Å². The Morgan fingerprint density at radius 2 is 1.29 bits per heavy atom. The summed E-state index contributed by atoms with van der Waals surface area (Å²) in [5.74, 6) is 1.46. The Labute approximate surface area is 411 Å². The maximum absolute atomic E-state index is 6.52. The average molecular weight is 990 g/mol. The summed E-state index contributed by atoms with van der Waals surface area (Å²) in [7, 11) is 1.65. The number of hydrogen-bond acceptors (Lipinski definition) is 19. The maximum atomic E-state index is 6.52. The van der Waals surface area contributed by atoms with Crippen molar-refractivity contribution >= 4 is 23.2 Å². The number of anilines is 2. The lowest BCUT2D eigenvalue weighted by atomic mass is 9.89. The van der Waals surface area contributed by atoms with Crippen molar-refractivity contribution in [2.75, 3.05) is 131 Å². The van der Waals surface area contributed by atoms with Crippen LogP contribution >= 0.6 is 11.6 Å². The summed E-state index contributed by atoms with van der Waals surface area (Å²) in [6.07, 6.45) is 12.3. The number of nitrogens with zero attached hydrogens (tertiary/aromatic N) is 9. The van der Waals surface area contributed by atoms with Crippen molar-refractivity contribution in [1.29, 1.82) is 0 Å². The van der Waals surface area contributed by atoms with E-state index in [-0.39, 0.29) is 24.4 Å². The molecule has 4 heterocycles. The first-order valence-corrected chi connectivity index (χ1v) is 24.6. The molecule has 4 aromatic rings. The van der Waals surface area contributed by atoms with Gasteiger partial charge in [-0.25, -0.2) is 14.6 Å². The number of rotatable bonds is 35. The lowest BCUT2D eigenvalue weighted by Crippen LogP contribution is -2.51. The van der Waals surface area contributed by atoms with Crippen LogP contribution in [0.15, 0.2) is 43.1 Å². The first kappa shape index (κ1) is 54.2. The zero-order valence-corrected chi connectivity index (χ0v) is 41.5. The third-order valence-corrected chi connectivity index (χ3v) is 11.7. The highest BCUT2D eigenvalue weighted by Crippen LogP contribution is 2.36. The van der Waals surface area contributed by atoms with Gasteiger partial charge in [0.05, 0.1) is 135 Å². The zero-order valence-electron chi connectivity index (χ0n) is 40.8. The maximum Gasteiger partial charge on any atom is 0.256 e. The van der Waals surface area contributed by atoms with Gasteiger partial charge in [0.1, 0.15) is 23.9 Å². The first-order valence-electron chi connectivity index (χ1n) is 24.3. The van der Waals surface area contributed by atoms with Crippen molar-refractivity contribution in [2.45, 2.75) is 89.8 Å². The number of benzene rings is 1. The molecule has 3 atom stereocenters. The molecule has 1 N–H and O–H groups in total. The van der Waals surface area contributed by atoms with E-state index in [1.807, 2.05) is 29.9 Å². The molecule has 2 fully saturated rings. The second-order valence-electron chi connectivity index (χ2n) is 17.0. The van der Waals surface area contributed by atoms with Crippen LogP contribution < -0.4 is 14.8 Å². The number of hydrogen-bond donors (Lipinski definition) is 1. The van der Waals surface area contributed by atoms with Crippen molar-refractivity contribution in [3.05, 3.63) is 48.1 Å². The molecule has 1 aliphatic carbocycles. The Kier molecular flexibility index (Phi) is 24.6. The standard InChI is InChI=1S/C47H73ClN10O11/c1-36-31-56(32-37(2)68-36)41-7-9-42(10-8-41)58-34-44(52-47-49-29-40(30-50-47)39-6-11-43(48)45(28-39)69-38(3)33-57-35-51-54-55-57)46(53-58)67-13-5-12-60-16-17-62-20-21-64-24-25-66-27-26-65-23-22-63-19-18-61-15-14-59-4/h6,11,28-30,34-38,41-42H,5,7-10,12-27,31-33H2,1-4H3,(H,49,50,52)/t36-,37+,38-,41?,42?/m0/s1. The van der Waals surface area contributed by atoms with Crippen LogP contribution in [0.5, 0.6) is 11.6 Å². The lowest BCUT2D eigenvalue weighted by Gasteiger charge is -2.42. The SMILES string of the molecule is COCCOCCOCCOCCOCCOCCOCCOCCCOc1nn(C2CCC(N3C[C@@H](C)O[C@@H](C)C3)CC2)cc1Nc1ncc(-c2ccc(Cl)c(O[C@@H](C)Cn3cnnn3)c2)cn1. The largest absolute Gasteiger partial charge is 0.487 e. The van der Waals surface area contributed by atoms with Gasteiger partial charge < -0.3 is 57.4 Å². The summed E-state index contributed by atoms with van der Waals surface area (Å²) in [5, 5.41) is 20.1. The molecule has 0 spiro atoms. The van der Waals surface area contributed by atoms with E-state index in [0.29, 0.717) is 153 Å². The van der Waals surface area contributed by atoms with Gasteiger partial charge in [-0.15, -0.1) is 10.2 Å². The molecule has 0 unspecified atom stereocenters. The monoisotopic (exact) mass is 989 g/mol. The molecule has 3 aromatic heterocycles. The molecule has 22 heteroatoms. The molecule has 1 saturated heterocycles. The summed E-state index contributed by atoms with van der Waals surface area (Å²) in [6.45, 7) is 16.8. The molecule has 0 amide bonds. The molecule has 1 saturated carbocycles. The van der Waals surface area contributed by atoms with Crippen LogP contribution in [0.25, 0.3) is 11.1 Å². The van der Waals surface area contributed by atoms with E-state index in [0.717, 1.165) is 49.9 Å². The number of methoxy groups -OCH3 is 1. The predicted molar refractivity (Wildman–Crippen MR) is 256 cm³/mol. The predicted octanol–water partition coefficient (Wildman–Crippen LogP) is 5.32. The smallest absolute Gasteiger partial charge is 0.256 e. The van der Waals surface area contributed by atoms with E-state index in [1.54, 1.807) is 36.6 Å². The quantitative estimate of drug-likeness (QED) is 0.0580. The number of nitrogens with one attached hydrogen (secondary N) is 1. The molecule has 21 nitrogen and oxygen atoms in total. The van der Waals surface area contributed by atoms with E-state index in [9.17, 15) is 0 Å². The fourth-order valence-electron chi connectivity index (χ4n) is 8.07. The van der Waals surface area contributed by atoms with Crippen molar-refractivity contribution in [3.63, 3.8) is 0 Å². The summed E-state index contributed by atoms with van der Waals surface area (Å²) in [5.41, 5.74) is 2.36. The topological polar surface area (TPSA) is 204 Å². The lowest BCUT2D eigenvalue weighted by molar-refractivity contribution is -0.0852. The van der Waals surface area contributed by atoms with Gasteiger partial charge in [0.15, 0.2) is 0 Å². The highest BCUT2D eigenvalue weighted by Gasteiger charge is 2.32. The third kappa shape index (κ3) is 19.9. The highest BCUT2D eigenvalue weighted by atomic mass is 35.5. The summed E-state index contributed by atoms with van der Waals surface area (Å²) < 4.78 is 65.9. The Hall–Kier alpha value is -4.13. The molecule has 384 valence electrons. The molecule has 0 bridgehead atoms. The van der Waals surface area contributed by atoms with Gasteiger partial charge in [0.25, 0.3) is 5.88 Å². The molecule has 1 aromatic carbocycles. The number of ether oxygens (including phenoxy) is 11. The van der Waals surface area contributed by atoms with Gasteiger partial charge >= 0.3 is 0 Å². The third-order valence-electron chi connectivity index (χ3n) is 11.4. The van der Waals surface area contributed by atoms with Gasteiger partial charge in [0.2, 0.25) is 5.95 Å². The van der Waals surface area contributed by atoms with Crippen LogP contribution in [-0.2, 0) is 49.2 Å². The van der Waals surface area contributed by atoms with E-state index in [1.165, 1.54) is 0 Å². The summed E-state index contributed by atoms with van der Waals surface area (Å²) in [6, 6.07) is 6.40. The van der Waals surface area contributed by atoms with Crippen molar-refractivity contribution < 1.29 is 52.1 Å². The van der Waals surface area contributed by atoms with Crippen molar-refractivity contribution in [1.82, 2.24) is 44.9 Å². The van der Waals surface area contributed by atoms with Crippen LogP contribution in [0.1, 0.15) is 58.9 Å². The Morgan fingerprint density at radius 1 is 0.725 bits per heavy atom. The zero-order chi connectivity index (χ0) is 48.3. The second-order valence-corrected chi connectivity index (χ2v) is 17.4. The first-order chi connectivity index (χ1) is 33.8. The summed E-state index contributed by atoms with van der Waals surface area (Å²) in [4.78, 5) is 11.9. The van der Waals surface area contributed by atoms with Crippen molar-refractivity contribution in [3.8, 4) is 22.8 Å². The highest BCUT2D eigenvalue weighted by molar-refractivity contribution is 6.32. The molecule has 69 heavy (non-hydrogen) atoms. The van der Waals surface area contributed by atoms with E-state index < -0.39 is 0 Å². The Balaban J connectivity index is 0.888. The summed E-state index contributed by atoms with van der Waals surface area (Å²) >= 11 is 6.52. The van der Waals surface area contributed by atoms with Crippen LogP contribution in [0.4, 0.5) is 11.6 Å². The Bertz CT molecular complexity index is 1950. The van der Waals surface area contributed by atoms with E-state index in [4.69, 9.17) is 68.8 Å². The fraction of sp³-hybridized carbons (Fsp3) is 0.702. The minimum Gasteiger partial charge on any atom is -0.487 e. The van der Waals surface area contributed by atoms with Gasteiger partial charge in [-0.3, -0.25) is 9.58 Å². The molecular formula is C47H73ClN10O11. The number of aromatic nitrogens is 8. The van der Waals surface area contributed by atoms with Crippen molar-refractivity contribution in [2.24, 2.45) is 0 Å². The molecule has 2 aliphatic rings. The number of halogens is 1. The van der Waals surface area contributed by atoms with Crippen LogP contribution in [-0.4, -0.2) is 195 Å². The molecule has 0 radical (unpaired) electrons. The average Bonchev–Trinajstić information content (AvgIpc) is 4.02. The van der Waals surface area contributed by atoms with Crippen LogP contribution in [0.3, 0.4) is 0 Å². The Morgan fingerprint density at radius 3 is 1.86 bits per heavy atom. The normalized spacial score (nSPS) is 19.2. The van der Waals surface area contributed by atoms with Gasteiger partial charge in [0, 0.05) is 57.2 Å². The van der Waals surface area contributed by atoms with Gasteiger partial charge in [-0.2, -0.15) is 0 Å². The second kappa shape index (κ2) is 31.3. The number of morpholine rings is 1. The number of tetrazole rings is 1. The molecule has 1 aliphatic heterocycles. The van der Waals surface area contributed by atoms with E-state index >= 15 is 0 Å².